The first-order chi connectivity index (χ1) is 7.95. The molecule has 0 spiro atoms. The van der Waals surface area contributed by atoms with Crippen molar-refractivity contribution < 1.29 is 19.1 Å². The number of ether oxygens (including phenoxy) is 2. The molecular formula is C9H14N4O4. The SMILES string of the molecule is COC(=O)Cn1nnc(C(=O)OC(C)C)c1N. The molecule has 94 valence electrons. The number of nitrogens with two attached hydrogens (primary N) is 1. The van der Waals surface area contributed by atoms with E-state index in [9.17, 15) is 9.59 Å². The molecule has 1 aromatic heterocycles. The summed E-state index contributed by atoms with van der Waals surface area (Å²) in [5, 5.41) is 7.13. The van der Waals surface area contributed by atoms with Gasteiger partial charge in [0.1, 0.15) is 6.54 Å². The highest BCUT2D eigenvalue weighted by atomic mass is 16.5. The Morgan fingerprint density at radius 1 is 1.47 bits per heavy atom. The lowest BCUT2D eigenvalue weighted by Crippen LogP contribution is -2.17. The Bertz CT molecular complexity index is 427. The van der Waals surface area contributed by atoms with E-state index in [1.165, 1.54) is 7.11 Å². The van der Waals surface area contributed by atoms with Gasteiger partial charge in [-0.1, -0.05) is 5.21 Å². The number of carbonyl (C=O) groups is 2. The van der Waals surface area contributed by atoms with Crippen LogP contribution in [0.15, 0.2) is 0 Å². The number of aromatic nitrogens is 3. The number of rotatable bonds is 4. The average molecular weight is 242 g/mol. The Kier molecular flexibility index (Phi) is 4.02. The summed E-state index contributed by atoms with van der Waals surface area (Å²) >= 11 is 0. The maximum atomic E-state index is 11.5. The zero-order valence-corrected chi connectivity index (χ0v) is 9.84. The molecule has 8 heteroatoms. The number of anilines is 1. The van der Waals surface area contributed by atoms with Crippen molar-refractivity contribution in [1.29, 1.82) is 0 Å². The molecule has 0 aliphatic carbocycles. The topological polar surface area (TPSA) is 109 Å². The van der Waals surface area contributed by atoms with Crippen LogP contribution in [-0.4, -0.2) is 40.1 Å². The van der Waals surface area contributed by atoms with Gasteiger partial charge < -0.3 is 15.2 Å². The van der Waals surface area contributed by atoms with Crippen molar-refractivity contribution in [3.63, 3.8) is 0 Å². The van der Waals surface area contributed by atoms with Crippen LogP contribution in [0.4, 0.5) is 5.82 Å². The van der Waals surface area contributed by atoms with Crippen LogP contribution in [0.2, 0.25) is 0 Å². The standard InChI is InChI=1S/C9H14N4O4/c1-5(2)17-9(15)7-8(10)13(12-11-7)4-6(14)16-3/h5H,4,10H2,1-3H3. The van der Waals surface area contributed by atoms with Crippen LogP contribution in [0.5, 0.6) is 0 Å². The van der Waals surface area contributed by atoms with Gasteiger partial charge in [0.25, 0.3) is 0 Å². The summed E-state index contributed by atoms with van der Waals surface area (Å²) in [7, 11) is 1.24. The normalized spacial score (nSPS) is 10.4. The molecule has 0 fully saturated rings. The molecular weight excluding hydrogens is 228 g/mol. The van der Waals surface area contributed by atoms with Crippen molar-refractivity contribution in [2.24, 2.45) is 0 Å². The number of hydrogen-bond acceptors (Lipinski definition) is 7. The number of methoxy groups -OCH3 is 1. The zero-order chi connectivity index (χ0) is 13.0. The molecule has 17 heavy (non-hydrogen) atoms. The van der Waals surface area contributed by atoms with Gasteiger partial charge in [0.05, 0.1) is 13.2 Å². The van der Waals surface area contributed by atoms with Crippen LogP contribution >= 0.6 is 0 Å². The summed E-state index contributed by atoms with van der Waals surface area (Å²) in [4.78, 5) is 22.5. The van der Waals surface area contributed by atoms with Crippen molar-refractivity contribution in [1.82, 2.24) is 15.0 Å². The second-order valence-electron chi connectivity index (χ2n) is 3.51. The molecule has 1 aromatic rings. The minimum Gasteiger partial charge on any atom is -0.468 e. The molecule has 0 saturated carbocycles. The van der Waals surface area contributed by atoms with Crippen LogP contribution in [0.1, 0.15) is 24.3 Å². The first kappa shape index (κ1) is 12.9. The number of hydrogen-bond donors (Lipinski definition) is 1. The van der Waals surface area contributed by atoms with Gasteiger partial charge in [-0.05, 0) is 13.8 Å². The predicted molar refractivity (Wildman–Crippen MR) is 57.0 cm³/mol. The van der Waals surface area contributed by atoms with E-state index in [2.05, 4.69) is 15.0 Å². The third kappa shape index (κ3) is 3.16. The van der Waals surface area contributed by atoms with Gasteiger partial charge in [0.2, 0.25) is 5.69 Å². The Morgan fingerprint density at radius 3 is 2.65 bits per heavy atom. The second kappa shape index (κ2) is 5.28. The summed E-state index contributed by atoms with van der Waals surface area (Å²) in [5.74, 6) is -1.24. The molecule has 1 heterocycles. The van der Waals surface area contributed by atoms with Gasteiger partial charge in [0, 0.05) is 0 Å². The van der Waals surface area contributed by atoms with Crippen molar-refractivity contribution in [2.75, 3.05) is 12.8 Å². The maximum Gasteiger partial charge on any atom is 0.363 e. The van der Waals surface area contributed by atoms with Crippen LogP contribution in [0, 0.1) is 0 Å². The van der Waals surface area contributed by atoms with Gasteiger partial charge in [-0.25, -0.2) is 9.48 Å². The van der Waals surface area contributed by atoms with Gasteiger partial charge in [0.15, 0.2) is 5.82 Å². The van der Waals surface area contributed by atoms with Crippen LogP contribution in [0.25, 0.3) is 0 Å². The smallest absolute Gasteiger partial charge is 0.363 e. The van der Waals surface area contributed by atoms with Crippen molar-refractivity contribution in [2.45, 2.75) is 26.5 Å². The molecule has 0 aromatic carbocycles. The van der Waals surface area contributed by atoms with E-state index in [4.69, 9.17) is 10.5 Å². The summed E-state index contributed by atoms with van der Waals surface area (Å²) in [6.45, 7) is 3.20. The Morgan fingerprint density at radius 2 is 2.12 bits per heavy atom. The second-order valence-corrected chi connectivity index (χ2v) is 3.51. The molecule has 0 radical (unpaired) electrons. The van der Waals surface area contributed by atoms with Gasteiger partial charge in [-0.2, -0.15) is 0 Å². The van der Waals surface area contributed by atoms with E-state index in [1.54, 1.807) is 13.8 Å². The van der Waals surface area contributed by atoms with Gasteiger partial charge >= 0.3 is 11.9 Å². The Hall–Kier alpha value is -2.12. The minimum atomic E-state index is -0.673. The molecule has 2 N–H and O–H groups in total. The van der Waals surface area contributed by atoms with Crippen molar-refractivity contribution >= 4 is 17.8 Å². The highest BCUT2D eigenvalue weighted by Crippen LogP contribution is 2.10. The largest absolute Gasteiger partial charge is 0.468 e. The van der Waals surface area contributed by atoms with Crippen LogP contribution < -0.4 is 5.73 Å². The van der Waals surface area contributed by atoms with E-state index in [0.29, 0.717) is 0 Å². The van der Waals surface area contributed by atoms with Crippen molar-refractivity contribution in [3.8, 4) is 0 Å². The van der Waals surface area contributed by atoms with Crippen LogP contribution in [-0.2, 0) is 20.8 Å². The monoisotopic (exact) mass is 242 g/mol. The molecule has 0 aliphatic rings. The van der Waals surface area contributed by atoms with Gasteiger partial charge in [-0.15, -0.1) is 5.10 Å². The molecule has 1 rings (SSSR count). The number of nitrogen functional groups attached to an aromatic ring is 1. The fourth-order valence-corrected chi connectivity index (χ4v) is 1.04. The minimum absolute atomic E-state index is 0.0268. The molecule has 0 saturated heterocycles. The summed E-state index contributed by atoms with van der Waals surface area (Å²) in [5.41, 5.74) is 5.50. The zero-order valence-electron chi connectivity index (χ0n) is 9.84. The third-order valence-electron chi connectivity index (χ3n) is 1.82. The Balaban J connectivity index is 2.83. The molecule has 0 amide bonds. The Labute approximate surface area is 97.7 Å². The van der Waals surface area contributed by atoms with E-state index in [1.807, 2.05) is 0 Å². The molecule has 8 nitrogen and oxygen atoms in total. The summed E-state index contributed by atoms with van der Waals surface area (Å²) < 4.78 is 10.4. The van der Waals surface area contributed by atoms with E-state index in [-0.39, 0.29) is 24.2 Å². The average Bonchev–Trinajstić information content (AvgIpc) is 2.59. The summed E-state index contributed by atoms with van der Waals surface area (Å²) in [6.07, 6.45) is -0.285. The number of esters is 2. The highest BCUT2D eigenvalue weighted by Gasteiger charge is 2.20. The van der Waals surface area contributed by atoms with Crippen LogP contribution in [0.3, 0.4) is 0 Å². The predicted octanol–water partition coefficient (Wildman–Crippen LogP) is -0.401. The van der Waals surface area contributed by atoms with E-state index >= 15 is 0 Å². The fourth-order valence-electron chi connectivity index (χ4n) is 1.04. The first-order valence-corrected chi connectivity index (χ1v) is 4.92. The quantitative estimate of drug-likeness (QED) is 0.715. The third-order valence-corrected chi connectivity index (χ3v) is 1.82. The lowest BCUT2D eigenvalue weighted by molar-refractivity contribution is -0.141. The molecule has 0 aliphatic heterocycles. The van der Waals surface area contributed by atoms with Gasteiger partial charge in [-0.3, -0.25) is 4.79 Å². The maximum absolute atomic E-state index is 11.5. The van der Waals surface area contributed by atoms with E-state index < -0.39 is 11.9 Å². The number of carbonyl (C=O) groups excluding carboxylic acids is 2. The number of nitrogens with zero attached hydrogens (tertiary/aromatic N) is 3. The van der Waals surface area contributed by atoms with Crippen molar-refractivity contribution in [3.05, 3.63) is 5.69 Å². The summed E-state index contributed by atoms with van der Waals surface area (Å²) in [6, 6.07) is 0. The van der Waals surface area contributed by atoms with E-state index in [0.717, 1.165) is 4.68 Å². The highest BCUT2D eigenvalue weighted by molar-refractivity contribution is 5.92. The molecule has 0 unspecified atom stereocenters. The molecule has 0 atom stereocenters. The molecule has 0 bridgehead atoms. The lowest BCUT2D eigenvalue weighted by Gasteiger charge is -2.06. The fraction of sp³-hybridized carbons (Fsp3) is 0.556. The first-order valence-electron chi connectivity index (χ1n) is 4.92. The lowest BCUT2D eigenvalue weighted by atomic mass is 10.4.